The van der Waals surface area contributed by atoms with Crippen molar-refractivity contribution in [3.63, 3.8) is 0 Å². The number of morpholine rings is 1. The molecule has 0 unspecified atom stereocenters. The molecule has 1 atom stereocenters. The van der Waals surface area contributed by atoms with Crippen molar-refractivity contribution in [2.75, 3.05) is 59.6 Å². The molecule has 20 heavy (non-hydrogen) atoms. The van der Waals surface area contributed by atoms with Gasteiger partial charge in [-0.25, -0.2) is 0 Å². The third kappa shape index (κ3) is 5.68. The summed E-state index contributed by atoms with van der Waals surface area (Å²) in [5.41, 5.74) is 0.320. The van der Waals surface area contributed by atoms with Gasteiger partial charge in [0.2, 0.25) is 0 Å². The highest BCUT2D eigenvalue weighted by Gasteiger charge is 2.26. The highest BCUT2D eigenvalue weighted by molar-refractivity contribution is 4.79. The van der Waals surface area contributed by atoms with Crippen molar-refractivity contribution in [1.29, 1.82) is 0 Å². The molecule has 2 aliphatic heterocycles. The molecular formula is C16H32N2O2. The molecule has 2 heterocycles. The molecular weight excluding hydrogens is 252 g/mol. The Morgan fingerprint density at radius 1 is 1.15 bits per heavy atom. The Labute approximate surface area is 124 Å². The normalized spacial score (nSPS) is 26.1. The summed E-state index contributed by atoms with van der Waals surface area (Å²) in [4.78, 5) is 4.99. The Balaban J connectivity index is 1.71. The standard InChI is InChI=1S/C16H32N2O2/c1-16(2,14-18-7-10-19-11-8-18)13-17(3)12-15-6-4-5-9-20-15/h15H,4-14H2,1-3H3/t15-/m1/s1. The lowest BCUT2D eigenvalue weighted by Crippen LogP contribution is -2.46. The molecule has 2 aliphatic rings. The third-order valence-electron chi connectivity index (χ3n) is 4.24. The zero-order valence-corrected chi connectivity index (χ0v) is 13.6. The molecule has 0 amide bonds. The first-order valence-corrected chi connectivity index (χ1v) is 8.15. The van der Waals surface area contributed by atoms with Gasteiger partial charge in [-0.15, -0.1) is 0 Å². The van der Waals surface area contributed by atoms with Crippen LogP contribution in [0.25, 0.3) is 0 Å². The highest BCUT2D eigenvalue weighted by atomic mass is 16.5. The van der Waals surface area contributed by atoms with Gasteiger partial charge in [-0.05, 0) is 31.7 Å². The Morgan fingerprint density at radius 3 is 2.55 bits per heavy atom. The van der Waals surface area contributed by atoms with E-state index in [1.165, 1.54) is 19.3 Å². The van der Waals surface area contributed by atoms with Crippen molar-refractivity contribution < 1.29 is 9.47 Å². The fourth-order valence-corrected chi connectivity index (χ4v) is 3.51. The average molecular weight is 284 g/mol. The van der Waals surface area contributed by atoms with Crippen molar-refractivity contribution in [3.8, 4) is 0 Å². The smallest absolute Gasteiger partial charge is 0.0701 e. The van der Waals surface area contributed by atoms with E-state index in [1.807, 2.05) is 0 Å². The maximum Gasteiger partial charge on any atom is 0.0701 e. The lowest BCUT2D eigenvalue weighted by atomic mass is 9.91. The second kappa shape index (κ2) is 7.74. The second-order valence-electron chi connectivity index (χ2n) is 7.24. The van der Waals surface area contributed by atoms with Crippen LogP contribution in [0, 0.1) is 5.41 Å². The van der Waals surface area contributed by atoms with Gasteiger partial charge in [0.15, 0.2) is 0 Å². The van der Waals surface area contributed by atoms with E-state index >= 15 is 0 Å². The molecule has 2 saturated heterocycles. The molecule has 4 heteroatoms. The van der Waals surface area contributed by atoms with Gasteiger partial charge in [0, 0.05) is 39.3 Å². The van der Waals surface area contributed by atoms with Crippen molar-refractivity contribution in [1.82, 2.24) is 9.80 Å². The van der Waals surface area contributed by atoms with Gasteiger partial charge in [0.05, 0.1) is 19.3 Å². The summed E-state index contributed by atoms with van der Waals surface area (Å²) in [5, 5.41) is 0. The van der Waals surface area contributed by atoms with Gasteiger partial charge >= 0.3 is 0 Å². The van der Waals surface area contributed by atoms with Crippen molar-refractivity contribution >= 4 is 0 Å². The van der Waals surface area contributed by atoms with E-state index in [0.29, 0.717) is 11.5 Å². The molecule has 2 rings (SSSR count). The van der Waals surface area contributed by atoms with E-state index in [4.69, 9.17) is 9.47 Å². The first-order chi connectivity index (χ1) is 9.55. The third-order valence-corrected chi connectivity index (χ3v) is 4.24. The summed E-state index contributed by atoms with van der Waals surface area (Å²) in [6, 6.07) is 0. The highest BCUT2D eigenvalue weighted by Crippen LogP contribution is 2.20. The summed E-state index contributed by atoms with van der Waals surface area (Å²) in [6.07, 6.45) is 4.25. The minimum absolute atomic E-state index is 0.320. The molecule has 0 bridgehead atoms. The predicted octanol–water partition coefficient (Wildman–Crippen LogP) is 1.85. The predicted molar refractivity (Wildman–Crippen MR) is 82.1 cm³/mol. The summed E-state index contributed by atoms with van der Waals surface area (Å²) >= 11 is 0. The molecule has 0 saturated carbocycles. The minimum atomic E-state index is 0.320. The van der Waals surface area contributed by atoms with Crippen LogP contribution in [-0.4, -0.2) is 75.5 Å². The molecule has 0 radical (unpaired) electrons. The molecule has 0 spiro atoms. The lowest BCUT2D eigenvalue weighted by molar-refractivity contribution is -0.0127. The first kappa shape index (κ1) is 16.2. The number of ether oxygens (including phenoxy) is 2. The molecule has 2 fully saturated rings. The lowest BCUT2D eigenvalue weighted by Gasteiger charge is -2.38. The van der Waals surface area contributed by atoms with Gasteiger partial charge < -0.3 is 14.4 Å². The quantitative estimate of drug-likeness (QED) is 0.743. The van der Waals surface area contributed by atoms with Crippen LogP contribution in [-0.2, 0) is 9.47 Å². The van der Waals surface area contributed by atoms with Crippen LogP contribution in [0.3, 0.4) is 0 Å². The van der Waals surface area contributed by atoms with Gasteiger partial charge in [-0.1, -0.05) is 13.8 Å². The topological polar surface area (TPSA) is 24.9 Å². The average Bonchev–Trinajstić information content (AvgIpc) is 2.39. The molecule has 0 aromatic rings. The van der Waals surface area contributed by atoms with Crippen molar-refractivity contribution in [2.45, 2.75) is 39.2 Å². The number of hydrogen-bond donors (Lipinski definition) is 0. The van der Waals surface area contributed by atoms with Crippen LogP contribution >= 0.6 is 0 Å². The van der Waals surface area contributed by atoms with Crippen LogP contribution in [0.15, 0.2) is 0 Å². The largest absolute Gasteiger partial charge is 0.379 e. The molecule has 0 aromatic heterocycles. The maximum absolute atomic E-state index is 5.84. The van der Waals surface area contributed by atoms with Crippen LogP contribution in [0.5, 0.6) is 0 Å². The van der Waals surface area contributed by atoms with Gasteiger partial charge in [-0.3, -0.25) is 4.90 Å². The van der Waals surface area contributed by atoms with E-state index in [0.717, 1.165) is 52.5 Å². The monoisotopic (exact) mass is 284 g/mol. The zero-order valence-electron chi connectivity index (χ0n) is 13.6. The molecule has 0 aromatic carbocycles. The Bertz CT molecular complexity index is 272. The van der Waals surface area contributed by atoms with E-state index in [9.17, 15) is 0 Å². The van der Waals surface area contributed by atoms with E-state index in [2.05, 4.69) is 30.7 Å². The van der Waals surface area contributed by atoms with E-state index < -0.39 is 0 Å². The maximum atomic E-state index is 5.84. The zero-order chi connectivity index (χ0) is 14.4. The number of rotatable bonds is 6. The number of hydrogen-bond acceptors (Lipinski definition) is 4. The summed E-state index contributed by atoms with van der Waals surface area (Å²) in [6.45, 7) is 13.0. The van der Waals surface area contributed by atoms with Crippen LogP contribution in [0.2, 0.25) is 0 Å². The Hall–Kier alpha value is -0.160. The Kier molecular flexibility index (Phi) is 6.27. The van der Waals surface area contributed by atoms with Gasteiger partial charge in [-0.2, -0.15) is 0 Å². The van der Waals surface area contributed by atoms with Crippen molar-refractivity contribution in [2.24, 2.45) is 5.41 Å². The van der Waals surface area contributed by atoms with E-state index in [1.54, 1.807) is 0 Å². The molecule has 118 valence electrons. The number of nitrogens with zero attached hydrogens (tertiary/aromatic N) is 2. The number of likely N-dealkylation sites (N-methyl/N-ethyl adjacent to an activating group) is 1. The van der Waals surface area contributed by atoms with Crippen LogP contribution < -0.4 is 0 Å². The summed E-state index contributed by atoms with van der Waals surface area (Å²) in [5.74, 6) is 0. The molecule has 0 aliphatic carbocycles. The Morgan fingerprint density at radius 2 is 1.90 bits per heavy atom. The van der Waals surface area contributed by atoms with Crippen LogP contribution in [0.4, 0.5) is 0 Å². The van der Waals surface area contributed by atoms with Crippen LogP contribution in [0.1, 0.15) is 33.1 Å². The fourth-order valence-electron chi connectivity index (χ4n) is 3.51. The SMILES string of the molecule is CN(C[C@H]1CCCCO1)CC(C)(C)CN1CCOCC1. The fraction of sp³-hybridized carbons (Fsp3) is 1.00. The van der Waals surface area contributed by atoms with E-state index in [-0.39, 0.29) is 0 Å². The summed E-state index contributed by atoms with van der Waals surface area (Å²) < 4.78 is 11.3. The van der Waals surface area contributed by atoms with Gasteiger partial charge in [0.25, 0.3) is 0 Å². The molecule has 4 nitrogen and oxygen atoms in total. The minimum Gasteiger partial charge on any atom is -0.379 e. The van der Waals surface area contributed by atoms with Gasteiger partial charge in [0.1, 0.15) is 0 Å². The second-order valence-corrected chi connectivity index (χ2v) is 7.24. The first-order valence-electron chi connectivity index (χ1n) is 8.15. The van der Waals surface area contributed by atoms with Crippen molar-refractivity contribution in [3.05, 3.63) is 0 Å². The summed E-state index contributed by atoms with van der Waals surface area (Å²) in [7, 11) is 2.24. The molecule has 0 N–H and O–H groups in total.